The van der Waals surface area contributed by atoms with E-state index in [1.165, 1.54) is 206 Å². The molecule has 10 aliphatic rings. The minimum atomic E-state index is 0.434. The molecule has 3 saturated carbocycles. The summed E-state index contributed by atoms with van der Waals surface area (Å²) in [6.45, 7) is 57.6. The normalized spacial score (nSPS) is 28.7. The first-order valence-electron chi connectivity index (χ1n) is 40.2. The van der Waals surface area contributed by atoms with Crippen LogP contribution < -0.4 is 27.1 Å². The lowest BCUT2D eigenvalue weighted by Crippen LogP contribution is -2.38. The molecule has 540 valence electrons. The predicted octanol–water partition coefficient (Wildman–Crippen LogP) is 23.2. The van der Waals surface area contributed by atoms with Crippen molar-refractivity contribution in [3.05, 3.63) is 56.1 Å². The number of allylic oxidation sites excluding steroid dienone is 8. The summed E-state index contributed by atoms with van der Waals surface area (Å²) in [5.41, 5.74) is 38.8. The van der Waals surface area contributed by atoms with Crippen molar-refractivity contribution >= 4 is 28.6 Å². The summed E-state index contributed by atoms with van der Waals surface area (Å²) in [7, 11) is 0. The Morgan fingerprint density at radius 1 is 0.347 bits per heavy atom. The van der Waals surface area contributed by atoms with E-state index in [1.54, 1.807) is 39.0 Å². The first-order valence-corrected chi connectivity index (χ1v) is 40.2. The Balaban J connectivity index is 0.000000188. The summed E-state index contributed by atoms with van der Waals surface area (Å²) in [4.78, 5) is 0. The van der Waals surface area contributed by atoms with Crippen molar-refractivity contribution in [1.29, 1.82) is 0 Å². The van der Waals surface area contributed by atoms with Crippen LogP contribution in [0.3, 0.4) is 0 Å². The second-order valence-corrected chi connectivity index (χ2v) is 34.9. The van der Waals surface area contributed by atoms with Crippen molar-refractivity contribution < 1.29 is 0 Å². The second-order valence-electron chi connectivity index (χ2n) is 34.9. The molecule has 5 N–H and O–H groups in total. The fourth-order valence-electron chi connectivity index (χ4n) is 18.3. The molecule has 95 heavy (non-hydrogen) atoms. The number of hydrazine groups is 1. The lowest BCUT2D eigenvalue weighted by molar-refractivity contribution is 0.262. The molecule has 0 amide bonds. The van der Waals surface area contributed by atoms with Crippen molar-refractivity contribution in [2.45, 2.75) is 346 Å². The van der Waals surface area contributed by atoms with Gasteiger partial charge in [0.1, 0.15) is 0 Å². The molecule has 5 heterocycles. The van der Waals surface area contributed by atoms with E-state index in [0.717, 1.165) is 59.2 Å². The molecule has 10 rings (SSSR count). The molecule has 3 fully saturated rings. The highest BCUT2D eigenvalue weighted by atomic mass is 15.4. The van der Waals surface area contributed by atoms with Crippen LogP contribution in [-0.4, -0.2) is 40.6 Å². The van der Waals surface area contributed by atoms with E-state index in [-0.39, 0.29) is 0 Å². The van der Waals surface area contributed by atoms with Gasteiger partial charge in [0.05, 0.1) is 23.5 Å². The summed E-state index contributed by atoms with van der Waals surface area (Å²) in [6.07, 6.45) is 33.2. The Kier molecular flexibility index (Phi) is 32.5. The maximum Gasteiger partial charge on any atom is 0.0678 e. The zero-order valence-electron chi connectivity index (χ0n) is 66.5. The number of nitrogens with zero attached hydrogens (tertiary/aromatic N) is 5. The quantitative estimate of drug-likeness (QED) is 0.149. The van der Waals surface area contributed by atoms with Crippen LogP contribution in [0.2, 0.25) is 0 Å². The summed E-state index contributed by atoms with van der Waals surface area (Å²) in [6, 6.07) is 0.901. The molecule has 5 aliphatic heterocycles. The maximum absolute atomic E-state index is 4.63. The molecule has 0 bridgehead atoms. The maximum atomic E-state index is 4.63. The SMILES string of the molecule is CC(C)C1=NNC(C)C2=C1CCCC(C(C)C)CC2.CC1=C2CCC(C(C)C)CCCC2=C(C(C)C)NN1.CC1=NN=C(C(C)C)C2CCCC(C(C)C)CCC12.CC1=NNC(C(C)C)=C2CCCC(C(C)C)CCC12.CC1=NNC(C(C)C)C2=C1CCC(C(C)C)CCC2. The fourth-order valence-corrected chi connectivity index (χ4v) is 18.3. The van der Waals surface area contributed by atoms with Crippen LogP contribution in [0, 0.1) is 107 Å². The number of hydrogen-bond donors (Lipinski definition) is 5. The highest BCUT2D eigenvalue weighted by molar-refractivity contribution is 6.03. The molecule has 10 nitrogen and oxygen atoms in total. The number of hydrogen-bond acceptors (Lipinski definition) is 10. The summed E-state index contributed by atoms with van der Waals surface area (Å²) < 4.78 is 0. The summed E-state index contributed by atoms with van der Waals surface area (Å²) in [5.74, 6) is 13.4. The van der Waals surface area contributed by atoms with E-state index >= 15 is 0 Å². The molecule has 0 saturated heterocycles. The van der Waals surface area contributed by atoms with Gasteiger partial charge in [-0.2, -0.15) is 25.5 Å². The van der Waals surface area contributed by atoms with Crippen LogP contribution in [0.4, 0.5) is 0 Å². The van der Waals surface area contributed by atoms with E-state index in [0.29, 0.717) is 59.4 Å². The zero-order chi connectivity index (χ0) is 70.0. The van der Waals surface area contributed by atoms with E-state index in [9.17, 15) is 0 Å². The molecular weight excluding hydrogens is 1160 g/mol. The van der Waals surface area contributed by atoms with Gasteiger partial charge in [-0.05, 0) is 310 Å². The van der Waals surface area contributed by atoms with E-state index in [4.69, 9.17) is 0 Å². The standard InChI is InChI=1S/5C17H30N2/c5*1-11(2)14-7-6-8-16-15(10-9-14)13(5)18-19-17(16)12(3)4/h11-12,14,18-19H,6-10H2,1-5H3;11-12,14,17,19H,6-10H2,1-5H3;11-12,14-15,19H,6-10H2,1-5H3;11-12,14-16H,6-10H2,1-5H3;11-14,18H,6-10H2,1-5H3. The molecule has 0 radical (unpaired) electrons. The molecule has 5 aliphatic carbocycles. The topological polar surface area (TPSA) is 122 Å². The minimum Gasteiger partial charge on any atom is -0.305 e. The third-order valence-electron chi connectivity index (χ3n) is 24.8. The van der Waals surface area contributed by atoms with Crippen LogP contribution >= 0.6 is 0 Å². The largest absolute Gasteiger partial charge is 0.305 e. The molecular formula is C85H150N10. The van der Waals surface area contributed by atoms with Gasteiger partial charge in [-0.3, -0.25) is 5.43 Å². The number of nitrogens with one attached hydrogen (secondary N) is 5. The van der Waals surface area contributed by atoms with Gasteiger partial charge in [-0.25, -0.2) is 0 Å². The third kappa shape index (κ3) is 22.5. The zero-order valence-corrected chi connectivity index (χ0v) is 66.5. The second kappa shape index (κ2) is 38.6. The summed E-state index contributed by atoms with van der Waals surface area (Å²) >= 11 is 0. The van der Waals surface area contributed by atoms with Gasteiger partial charge in [0, 0.05) is 52.0 Å². The minimum absolute atomic E-state index is 0.434. The molecule has 10 unspecified atom stereocenters. The van der Waals surface area contributed by atoms with Crippen molar-refractivity contribution in [2.24, 2.45) is 132 Å². The first-order chi connectivity index (χ1) is 45.0. The van der Waals surface area contributed by atoms with Crippen LogP contribution in [0.15, 0.2) is 81.6 Å². The Hall–Kier alpha value is -3.95. The molecule has 0 aromatic heterocycles. The van der Waals surface area contributed by atoms with Gasteiger partial charge in [0.15, 0.2) is 0 Å². The van der Waals surface area contributed by atoms with Gasteiger partial charge < -0.3 is 21.7 Å². The van der Waals surface area contributed by atoms with Crippen LogP contribution in [0.1, 0.15) is 334 Å². The highest BCUT2D eigenvalue weighted by Gasteiger charge is 2.36. The van der Waals surface area contributed by atoms with E-state index in [1.807, 2.05) is 0 Å². The smallest absolute Gasteiger partial charge is 0.0678 e. The Morgan fingerprint density at radius 3 is 1.39 bits per heavy atom. The van der Waals surface area contributed by atoms with Crippen molar-refractivity contribution in [3.63, 3.8) is 0 Å². The molecule has 0 aromatic carbocycles. The molecule has 0 spiro atoms. The van der Waals surface area contributed by atoms with E-state index < -0.39 is 0 Å². The monoisotopic (exact) mass is 1310 g/mol. The Bertz CT molecular complexity index is 2740. The predicted molar refractivity (Wildman–Crippen MR) is 416 cm³/mol. The Morgan fingerprint density at radius 2 is 0.853 bits per heavy atom. The van der Waals surface area contributed by atoms with E-state index in [2.05, 4.69) is 226 Å². The highest BCUT2D eigenvalue weighted by Crippen LogP contribution is 2.43. The van der Waals surface area contributed by atoms with Gasteiger partial charge in [0.2, 0.25) is 0 Å². The average Bonchev–Trinajstić information content (AvgIpc) is 0.859. The molecule has 10 atom stereocenters. The lowest BCUT2D eigenvalue weighted by Gasteiger charge is -2.36. The number of hydrazone groups is 3. The van der Waals surface area contributed by atoms with Gasteiger partial charge >= 0.3 is 0 Å². The van der Waals surface area contributed by atoms with Crippen molar-refractivity contribution in [2.75, 3.05) is 0 Å². The average molecular weight is 1310 g/mol. The third-order valence-corrected chi connectivity index (χ3v) is 24.8. The number of rotatable bonds is 10. The Labute approximate surface area is 586 Å². The molecule has 10 heteroatoms. The first kappa shape index (κ1) is 80.0. The summed E-state index contributed by atoms with van der Waals surface area (Å²) in [5, 5.41) is 22.8. The molecule has 0 aromatic rings. The fraction of sp³-hybridized carbons (Fsp3) is 0.824. The lowest BCUT2D eigenvalue weighted by atomic mass is 9.70. The van der Waals surface area contributed by atoms with Crippen molar-refractivity contribution in [1.82, 2.24) is 27.1 Å². The van der Waals surface area contributed by atoms with Crippen LogP contribution in [-0.2, 0) is 0 Å². The number of fused-ring (bicyclic) bond motifs is 3. The van der Waals surface area contributed by atoms with Crippen LogP contribution in [0.25, 0.3) is 0 Å². The van der Waals surface area contributed by atoms with Crippen molar-refractivity contribution in [3.8, 4) is 0 Å². The van der Waals surface area contributed by atoms with Gasteiger partial charge in [-0.15, -0.1) is 0 Å². The van der Waals surface area contributed by atoms with Gasteiger partial charge in [-0.1, -0.05) is 151 Å². The van der Waals surface area contributed by atoms with Crippen LogP contribution in [0.5, 0.6) is 0 Å². The van der Waals surface area contributed by atoms with Gasteiger partial charge in [0.25, 0.3) is 0 Å².